The molecule has 24 heavy (non-hydrogen) atoms. The number of nitrogens with one attached hydrogen (secondary N) is 1. The first-order valence-corrected chi connectivity index (χ1v) is 7.96. The maximum atomic E-state index is 12.6. The van der Waals surface area contributed by atoms with Gasteiger partial charge in [-0.2, -0.15) is 0 Å². The number of ketones is 1. The van der Waals surface area contributed by atoms with Gasteiger partial charge >= 0.3 is 5.97 Å². The lowest BCUT2D eigenvalue weighted by atomic mass is 10.0. The summed E-state index contributed by atoms with van der Waals surface area (Å²) in [7, 11) is 0. The van der Waals surface area contributed by atoms with Crippen molar-refractivity contribution in [2.45, 2.75) is 20.3 Å². The molecule has 0 saturated carbocycles. The predicted molar refractivity (Wildman–Crippen MR) is 93.5 cm³/mol. The van der Waals surface area contributed by atoms with Gasteiger partial charge in [0.05, 0.1) is 6.61 Å². The normalized spacial score (nSPS) is 10.8. The topological polar surface area (TPSA) is 59.2 Å². The number of benzene rings is 2. The summed E-state index contributed by atoms with van der Waals surface area (Å²) in [6.07, 6.45) is 0.297. The van der Waals surface area contributed by atoms with Crippen molar-refractivity contribution >= 4 is 22.5 Å². The van der Waals surface area contributed by atoms with Crippen LogP contribution in [0.4, 0.5) is 0 Å². The average molecular weight is 321 g/mol. The largest absolute Gasteiger partial charge is 0.461 e. The van der Waals surface area contributed by atoms with Crippen LogP contribution in [0.2, 0.25) is 0 Å². The van der Waals surface area contributed by atoms with Crippen molar-refractivity contribution in [2.24, 2.45) is 0 Å². The van der Waals surface area contributed by atoms with Gasteiger partial charge in [0.25, 0.3) is 0 Å². The van der Waals surface area contributed by atoms with E-state index in [0.717, 1.165) is 16.3 Å². The third kappa shape index (κ3) is 3.23. The Hall–Kier alpha value is -2.88. The molecule has 0 fully saturated rings. The molecule has 3 rings (SSSR count). The fraction of sp³-hybridized carbons (Fsp3) is 0.200. The SMILES string of the molecule is CCOC(=O)c1cc(C(=O)Cc2ccc3ccccc3c2)c(C)[nH]1. The summed E-state index contributed by atoms with van der Waals surface area (Å²) in [5.41, 5.74) is 2.49. The summed E-state index contributed by atoms with van der Waals surface area (Å²) in [5.74, 6) is -0.458. The molecule has 4 heteroatoms. The summed E-state index contributed by atoms with van der Waals surface area (Å²) in [4.78, 5) is 27.3. The summed E-state index contributed by atoms with van der Waals surface area (Å²) in [5, 5.41) is 2.26. The van der Waals surface area contributed by atoms with Gasteiger partial charge in [-0.1, -0.05) is 42.5 Å². The lowest BCUT2D eigenvalue weighted by Gasteiger charge is -2.03. The van der Waals surface area contributed by atoms with Crippen molar-refractivity contribution in [3.8, 4) is 0 Å². The minimum absolute atomic E-state index is 0.0189. The number of rotatable bonds is 5. The van der Waals surface area contributed by atoms with Crippen LogP contribution in [0.5, 0.6) is 0 Å². The highest BCUT2D eigenvalue weighted by molar-refractivity contribution is 6.01. The molecule has 0 spiro atoms. The van der Waals surface area contributed by atoms with Gasteiger partial charge in [-0.3, -0.25) is 4.79 Å². The zero-order valence-electron chi connectivity index (χ0n) is 13.8. The van der Waals surface area contributed by atoms with Crippen molar-refractivity contribution < 1.29 is 14.3 Å². The van der Waals surface area contributed by atoms with Gasteiger partial charge in [-0.25, -0.2) is 4.79 Å². The number of hydrogen-bond acceptors (Lipinski definition) is 3. The highest BCUT2D eigenvalue weighted by Gasteiger charge is 2.17. The van der Waals surface area contributed by atoms with Gasteiger partial charge in [0.1, 0.15) is 5.69 Å². The summed E-state index contributed by atoms with van der Waals surface area (Å²) in [6, 6.07) is 15.6. The molecule has 0 unspecified atom stereocenters. The van der Waals surface area contributed by atoms with Gasteiger partial charge in [0.15, 0.2) is 5.78 Å². The Morgan fingerprint density at radius 3 is 2.54 bits per heavy atom. The maximum absolute atomic E-state index is 12.6. The van der Waals surface area contributed by atoms with Crippen molar-refractivity contribution in [1.82, 2.24) is 4.98 Å². The fourth-order valence-corrected chi connectivity index (χ4v) is 2.80. The lowest BCUT2D eigenvalue weighted by Crippen LogP contribution is -2.05. The first kappa shape index (κ1) is 16.0. The van der Waals surface area contributed by atoms with E-state index < -0.39 is 5.97 Å². The summed E-state index contributed by atoms with van der Waals surface area (Å²) in [6.45, 7) is 3.84. The Morgan fingerprint density at radius 1 is 1.04 bits per heavy atom. The molecule has 4 nitrogen and oxygen atoms in total. The van der Waals surface area contributed by atoms with Crippen molar-refractivity contribution in [3.63, 3.8) is 0 Å². The van der Waals surface area contributed by atoms with Crippen LogP contribution >= 0.6 is 0 Å². The minimum Gasteiger partial charge on any atom is -0.461 e. The molecule has 0 radical (unpaired) electrons. The molecule has 1 aromatic heterocycles. The second kappa shape index (κ2) is 6.71. The third-order valence-electron chi connectivity index (χ3n) is 3.99. The Kier molecular flexibility index (Phi) is 4.47. The minimum atomic E-state index is -0.439. The van der Waals surface area contributed by atoms with Crippen LogP contribution in [-0.2, 0) is 11.2 Å². The molecule has 0 aliphatic carbocycles. The lowest BCUT2D eigenvalue weighted by molar-refractivity contribution is 0.0520. The second-order valence-electron chi connectivity index (χ2n) is 5.72. The number of H-pyrrole nitrogens is 1. The zero-order valence-corrected chi connectivity index (χ0v) is 13.8. The number of carbonyl (C=O) groups excluding carboxylic acids is 2. The van der Waals surface area contributed by atoms with Gasteiger partial charge in [-0.05, 0) is 36.2 Å². The first-order chi connectivity index (χ1) is 11.6. The number of carbonyl (C=O) groups is 2. The summed E-state index contributed by atoms with van der Waals surface area (Å²) >= 11 is 0. The van der Waals surface area contributed by atoms with E-state index in [4.69, 9.17) is 4.74 Å². The Labute approximate surface area is 140 Å². The smallest absolute Gasteiger partial charge is 0.354 e. The van der Waals surface area contributed by atoms with Crippen LogP contribution < -0.4 is 0 Å². The number of aromatic amines is 1. The van der Waals surface area contributed by atoms with Crippen LogP contribution in [-0.4, -0.2) is 23.3 Å². The van der Waals surface area contributed by atoms with E-state index in [2.05, 4.69) is 4.98 Å². The Bertz CT molecular complexity index is 908. The highest BCUT2D eigenvalue weighted by Crippen LogP contribution is 2.19. The van der Waals surface area contributed by atoms with E-state index in [1.165, 1.54) is 0 Å². The highest BCUT2D eigenvalue weighted by atomic mass is 16.5. The molecule has 0 amide bonds. The molecule has 1 heterocycles. The second-order valence-corrected chi connectivity index (χ2v) is 5.72. The molecule has 0 saturated heterocycles. The zero-order chi connectivity index (χ0) is 17.1. The quantitative estimate of drug-likeness (QED) is 0.569. The number of aromatic nitrogens is 1. The molecular formula is C20H19NO3. The van der Waals surface area contributed by atoms with Gasteiger partial charge in [0.2, 0.25) is 0 Å². The molecular weight excluding hydrogens is 302 g/mol. The molecule has 0 aliphatic rings. The molecule has 0 bridgehead atoms. The Morgan fingerprint density at radius 2 is 1.79 bits per heavy atom. The number of esters is 1. The van der Waals surface area contributed by atoms with Gasteiger partial charge in [0, 0.05) is 17.7 Å². The predicted octanol–water partition coefficient (Wildman–Crippen LogP) is 4.08. The number of Topliss-reactive ketones (excluding diaryl/α,β-unsaturated/α-hetero) is 1. The van der Waals surface area contributed by atoms with E-state index in [1.807, 2.05) is 42.5 Å². The van der Waals surface area contributed by atoms with Crippen molar-refractivity contribution in [1.29, 1.82) is 0 Å². The molecule has 0 atom stereocenters. The van der Waals surface area contributed by atoms with Crippen molar-refractivity contribution in [3.05, 3.63) is 71.0 Å². The van der Waals surface area contributed by atoms with Crippen molar-refractivity contribution in [2.75, 3.05) is 6.61 Å². The number of ether oxygens (including phenoxy) is 1. The fourth-order valence-electron chi connectivity index (χ4n) is 2.80. The standard InChI is InChI=1S/C20H19NO3/c1-3-24-20(23)18-12-17(13(2)21-18)19(22)11-14-8-9-15-6-4-5-7-16(15)10-14/h4-10,12,21H,3,11H2,1-2H3. The first-order valence-electron chi connectivity index (χ1n) is 7.96. The van der Waals surface area contributed by atoms with Crippen LogP contribution in [0.15, 0.2) is 48.5 Å². The average Bonchev–Trinajstić information content (AvgIpc) is 2.97. The van der Waals surface area contributed by atoms with E-state index >= 15 is 0 Å². The molecule has 0 aliphatic heterocycles. The van der Waals surface area contributed by atoms with E-state index in [0.29, 0.717) is 30.0 Å². The molecule has 1 N–H and O–H groups in total. The summed E-state index contributed by atoms with van der Waals surface area (Å²) < 4.78 is 4.96. The number of aryl methyl sites for hydroxylation is 1. The Balaban J connectivity index is 1.82. The van der Waals surface area contributed by atoms with E-state index in [-0.39, 0.29) is 5.78 Å². The maximum Gasteiger partial charge on any atom is 0.354 e. The van der Waals surface area contributed by atoms with Gasteiger partial charge in [-0.15, -0.1) is 0 Å². The van der Waals surface area contributed by atoms with E-state index in [1.54, 1.807) is 19.9 Å². The molecule has 2 aromatic carbocycles. The number of fused-ring (bicyclic) bond motifs is 1. The molecule has 3 aromatic rings. The third-order valence-corrected chi connectivity index (χ3v) is 3.99. The van der Waals surface area contributed by atoms with Crippen LogP contribution in [0, 0.1) is 6.92 Å². The molecule has 122 valence electrons. The van der Waals surface area contributed by atoms with E-state index in [9.17, 15) is 9.59 Å². The monoisotopic (exact) mass is 321 g/mol. The number of hydrogen-bond donors (Lipinski definition) is 1. The van der Waals surface area contributed by atoms with Crippen LogP contribution in [0.1, 0.15) is 39.0 Å². The van der Waals surface area contributed by atoms with Crippen LogP contribution in [0.3, 0.4) is 0 Å². The van der Waals surface area contributed by atoms with Crippen LogP contribution in [0.25, 0.3) is 10.8 Å². The van der Waals surface area contributed by atoms with Gasteiger partial charge < -0.3 is 9.72 Å².